The summed E-state index contributed by atoms with van der Waals surface area (Å²) in [5.41, 5.74) is 0.00399. The predicted octanol–water partition coefficient (Wildman–Crippen LogP) is 4.22. The molecule has 0 heterocycles. The Morgan fingerprint density at radius 3 is 2.55 bits per heavy atom. The molecule has 7 heteroatoms. The van der Waals surface area contributed by atoms with Crippen LogP contribution in [0.4, 0.5) is 15.8 Å². The maximum Gasteiger partial charge on any atom is 0.334 e. The van der Waals surface area contributed by atoms with Gasteiger partial charge in [-0.2, -0.15) is 0 Å². The van der Waals surface area contributed by atoms with Crippen molar-refractivity contribution in [2.75, 3.05) is 12.4 Å². The fourth-order valence-corrected chi connectivity index (χ4v) is 1.84. The van der Waals surface area contributed by atoms with Crippen LogP contribution in [0, 0.1) is 15.9 Å². The summed E-state index contributed by atoms with van der Waals surface area (Å²) >= 11 is 5.64. The minimum absolute atomic E-state index is 0.0667. The normalized spacial score (nSPS) is 10.2. The number of nitrogens with zero attached hydrogens (tertiary/aromatic N) is 1. The van der Waals surface area contributed by atoms with Gasteiger partial charge in [0.15, 0.2) is 11.6 Å². The number of nitro benzene ring substituents is 1. The Kier molecular flexibility index (Phi) is 4.05. The van der Waals surface area contributed by atoms with E-state index in [2.05, 4.69) is 5.32 Å². The number of halogens is 2. The zero-order valence-electron chi connectivity index (χ0n) is 10.4. The SMILES string of the molecule is CNc1cccc(Oc2cccc(Cl)c2F)c1[N+](=O)[O-]. The van der Waals surface area contributed by atoms with Gasteiger partial charge in [-0.3, -0.25) is 10.1 Å². The molecule has 0 unspecified atom stereocenters. The maximum atomic E-state index is 13.8. The Morgan fingerprint density at radius 2 is 1.90 bits per heavy atom. The van der Waals surface area contributed by atoms with E-state index in [1.165, 1.54) is 30.3 Å². The molecule has 104 valence electrons. The summed E-state index contributed by atoms with van der Waals surface area (Å²) in [6, 6.07) is 8.68. The fourth-order valence-electron chi connectivity index (χ4n) is 1.68. The lowest BCUT2D eigenvalue weighted by molar-refractivity contribution is -0.384. The van der Waals surface area contributed by atoms with E-state index in [1.54, 1.807) is 13.1 Å². The highest BCUT2D eigenvalue weighted by Crippen LogP contribution is 2.38. The Hall–Kier alpha value is -2.34. The van der Waals surface area contributed by atoms with Gasteiger partial charge in [0.25, 0.3) is 0 Å². The molecule has 0 radical (unpaired) electrons. The number of hydrogen-bond acceptors (Lipinski definition) is 4. The van der Waals surface area contributed by atoms with E-state index in [-0.39, 0.29) is 27.9 Å². The molecule has 0 fully saturated rings. The summed E-state index contributed by atoms with van der Waals surface area (Å²) < 4.78 is 19.0. The quantitative estimate of drug-likeness (QED) is 0.677. The number of nitrogens with one attached hydrogen (secondary N) is 1. The standard InChI is InChI=1S/C13H10ClFN2O3/c1-16-9-5-3-7-11(13(9)17(18)19)20-10-6-2-4-8(14)12(10)15/h2-7,16H,1H3. The van der Waals surface area contributed by atoms with Crippen LogP contribution in [0.25, 0.3) is 0 Å². The third-order valence-electron chi connectivity index (χ3n) is 2.59. The van der Waals surface area contributed by atoms with Crippen LogP contribution in [0.2, 0.25) is 5.02 Å². The molecule has 0 aliphatic carbocycles. The van der Waals surface area contributed by atoms with Crippen LogP contribution < -0.4 is 10.1 Å². The molecule has 0 amide bonds. The van der Waals surface area contributed by atoms with E-state index in [0.717, 1.165) is 0 Å². The minimum Gasteiger partial charge on any atom is -0.447 e. The summed E-state index contributed by atoms with van der Waals surface area (Å²) in [5, 5.41) is 13.7. The van der Waals surface area contributed by atoms with E-state index in [0.29, 0.717) is 0 Å². The fraction of sp³-hybridized carbons (Fsp3) is 0.0769. The van der Waals surface area contributed by atoms with Crippen molar-refractivity contribution in [1.82, 2.24) is 0 Å². The maximum absolute atomic E-state index is 13.8. The molecule has 0 saturated carbocycles. The molecule has 0 spiro atoms. The molecule has 5 nitrogen and oxygen atoms in total. The lowest BCUT2D eigenvalue weighted by atomic mass is 10.2. The van der Waals surface area contributed by atoms with Crippen LogP contribution in [0.5, 0.6) is 11.5 Å². The second-order valence-corrected chi connectivity index (χ2v) is 4.22. The molecule has 20 heavy (non-hydrogen) atoms. The van der Waals surface area contributed by atoms with Crippen LogP contribution in [0.1, 0.15) is 0 Å². The van der Waals surface area contributed by atoms with Gasteiger partial charge in [-0.05, 0) is 24.3 Å². The first-order valence-electron chi connectivity index (χ1n) is 5.61. The molecular weight excluding hydrogens is 287 g/mol. The molecule has 2 aromatic carbocycles. The lowest BCUT2D eigenvalue weighted by Crippen LogP contribution is -1.99. The topological polar surface area (TPSA) is 64.4 Å². The van der Waals surface area contributed by atoms with Crippen molar-refractivity contribution in [2.24, 2.45) is 0 Å². The highest BCUT2D eigenvalue weighted by Gasteiger charge is 2.22. The summed E-state index contributed by atoms with van der Waals surface area (Å²) in [4.78, 5) is 10.5. The van der Waals surface area contributed by atoms with Crippen molar-refractivity contribution in [1.29, 1.82) is 0 Å². The van der Waals surface area contributed by atoms with Crippen molar-refractivity contribution in [2.45, 2.75) is 0 Å². The number of hydrogen-bond donors (Lipinski definition) is 1. The molecule has 2 rings (SSSR count). The summed E-state index contributed by atoms with van der Waals surface area (Å²) in [6.45, 7) is 0. The molecule has 0 atom stereocenters. The zero-order chi connectivity index (χ0) is 14.7. The van der Waals surface area contributed by atoms with Crippen LogP contribution in [-0.4, -0.2) is 12.0 Å². The molecule has 0 aliphatic heterocycles. The number of ether oxygens (including phenoxy) is 1. The Morgan fingerprint density at radius 1 is 1.25 bits per heavy atom. The predicted molar refractivity (Wildman–Crippen MR) is 74.1 cm³/mol. The van der Waals surface area contributed by atoms with Crippen LogP contribution >= 0.6 is 11.6 Å². The molecule has 0 aromatic heterocycles. The number of rotatable bonds is 4. The van der Waals surface area contributed by atoms with Gasteiger partial charge in [-0.15, -0.1) is 0 Å². The first kappa shape index (κ1) is 14.1. The molecule has 0 aliphatic rings. The highest BCUT2D eigenvalue weighted by molar-refractivity contribution is 6.30. The molecule has 2 aromatic rings. The summed E-state index contributed by atoms with van der Waals surface area (Å²) in [5.74, 6) is -1.00. The smallest absolute Gasteiger partial charge is 0.334 e. The van der Waals surface area contributed by atoms with Gasteiger partial charge >= 0.3 is 5.69 Å². The Bertz CT molecular complexity index is 664. The number of benzene rings is 2. The third kappa shape index (κ3) is 2.65. The van der Waals surface area contributed by atoms with E-state index in [9.17, 15) is 14.5 Å². The van der Waals surface area contributed by atoms with Gasteiger partial charge < -0.3 is 10.1 Å². The van der Waals surface area contributed by atoms with E-state index < -0.39 is 10.7 Å². The summed E-state index contributed by atoms with van der Waals surface area (Å²) in [7, 11) is 1.55. The van der Waals surface area contributed by atoms with Crippen LogP contribution in [0.3, 0.4) is 0 Å². The third-order valence-corrected chi connectivity index (χ3v) is 2.88. The van der Waals surface area contributed by atoms with Crippen molar-refractivity contribution < 1.29 is 14.1 Å². The first-order valence-corrected chi connectivity index (χ1v) is 5.99. The van der Waals surface area contributed by atoms with E-state index in [4.69, 9.17) is 16.3 Å². The zero-order valence-corrected chi connectivity index (χ0v) is 11.1. The number of anilines is 1. The van der Waals surface area contributed by atoms with Gasteiger partial charge in [0, 0.05) is 7.05 Å². The molecule has 0 bridgehead atoms. The largest absolute Gasteiger partial charge is 0.447 e. The van der Waals surface area contributed by atoms with Crippen LogP contribution in [-0.2, 0) is 0 Å². The first-order chi connectivity index (χ1) is 9.54. The van der Waals surface area contributed by atoms with Crippen molar-refractivity contribution in [3.05, 3.63) is 57.4 Å². The van der Waals surface area contributed by atoms with Crippen LogP contribution in [0.15, 0.2) is 36.4 Å². The molecular formula is C13H10ClFN2O3. The highest BCUT2D eigenvalue weighted by atomic mass is 35.5. The number of para-hydroxylation sites is 1. The van der Waals surface area contributed by atoms with Gasteiger partial charge in [0.1, 0.15) is 5.69 Å². The monoisotopic (exact) mass is 296 g/mol. The van der Waals surface area contributed by atoms with Gasteiger partial charge in [0.05, 0.1) is 9.95 Å². The molecule has 1 N–H and O–H groups in total. The van der Waals surface area contributed by atoms with Gasteiger partial charge in [-0.25, -0.2) is 4.39 Å². The second kappa shape index (κ2) is 5.75. The van der Waals surface area contributed by atoms with E-state index in [1.807, 2.05) is 0 Å². The lowest BCUT2D eigenvalue weighted by Gasteiger charge is -2.10. The van der Waals surface area contributed by atoms with Crippen molar-refractivity contribution in [3.8, 4) is 11.5 Å². The Labute approximate surface area is 119 Å². The summed E-state index contributed by atoms with van der Waals surface area (Å²) in [6.07, 6.45) is 0. The van der Waals surface area contributed by atoms with Crippen molar-refractivity contribution >= 4 is 23.0 Å². The average molecular weight is 297 g/mol. The van der Waals surface area contributed by atoms with Gasteiger partial charge in [0.2, 0.25) is 5.75 Å². The minimum atomic E-state index is -0.765. The van der Waals surface area contributed by atoms with E-state index >= 15 is 0 Å². The Balaban J connectivity index is 2.48. The number of nitro groups is 1. The van der Waals surface area contributed by atoms with Crippen molar-refractivity contribution in [3.63, 3.8) is 0 Å². The second-order valence-electron chi connectivity index (χ2n) is 3.81. The average Bonchev–Trinajstić information content (AvgIpc) is 2.43. The molecule has 0 saturated heterocycles. The van der Waals surface area contributed by atoms with Gasteiger partial charge in [-0.1, -0.05) is 23.7 Å².